The fourth-order valence-corrected chi connectivity index (χ4v) is 3.44. The van der Waals surface area contributed by atoms with Gasteiger partial charge in [0, 0.05) is 22.5 Å². The highest BCUT2D eigenvalue weighted by Crippen LogP contribution is 2.24. The number of anilines is 2. The number of hydrogen-bond donors (Lipinski definition) is 2. The molecule has 33 heavy (non-hydrogen) atoms. The minimum atomic E-state index is -0.246. The van der Waals surface area contributed by atoms with Gasteiger partial charge in [0.2, 0.25) is 0 Å². The second-order valence-electron chi connectivity index (χ2n) is 8.84. The van der Waals surface area contributed by atoms with E-state index in [9.17, 15) is 9.59 Å². The molecule has 0 atom stereocenters. The van der Waals surface area contributed by atoms with Crippen LogP contribution >= 0.6 is 0 Å². The third kappa shape index (κ3) is 6.10. The van der Waals surface area contributed by atoms with Crippen molar-refractivity contribution in [2.24, 2.45) is 0 Å². The standard InChI is InChI=1S/C28H30N2O3/c1-6-8-20-17-21(13-16-25(20)33-5)27(32)30-24-10-7-9-23(18-24)29-26(31)19-11-14-22(15-12-19)28(2,3)4/h6-7,9-18H,1,8H2,2-5H3,(H,29,31)(H,30,32). The Labute approximate surface area is 195 Å². The molecular weight excluding hydrogens is 412 g/mol. The van der Waals surface area contributed by atoms with Crippen molar-refractivity contribution in [1.29, 1.82) is 0 Å². The summed E-state index contributed by atoms with van der Waals surface area (Å²) in [7, 11) is 1.60. The van der Waals surface area contributed by atoms with Gasteiger partial charge >= 0.3 is 0 Å². The normalized spacial score (nSPS) is 10.9. The van der Waals surface area contributed by atoms with E-state index in [0.717, 1.165) is 5.56 Å². The van der Waals surface area contributed by atoms with Crippen molar-refractivity contribution in [3.8, 4) is 5.75 Å². The summed E-state index contributed by atoms with van der Waals surface area (Å²) >= 11 is 0. The number of carbonyl (C=O) groups is 2. The third-order valence-electron chi connectivity index (χ3n) is 5.30. The summed E-state index contributed by atoms with van der Waals surface area (Å²) in [6.45, 7) is 10.2. The Balaban J connectivity index is 1.71. The van der Waals surface area contributed by atoms with Crippen LogP contribution in [0.15, 0.2) is 79.4 Å². The molecule has 3 rings (SSSR count). The molecule has 5 nitrogen and oxygen atoms in total. The number of carbonyl (C=O) groups excluding carboxylic acids is 2. The number of nitrogens with one attached hydrogen (secondary N) is 2. The van der Waals surface area contributed by atoms with Gasteiger partial charge < -0.3 is 15.4 Å². The van der Waals surface area contributed by atoms with Crippen LogP contribution in [0.4, 0.5) is 11.4 Å². The first-order valence-electron chi connectivity index (χ1n) is 10.8. The molecule has 2 N–H and O–H groups in total. The predicted octanol–water partition coefficient (Wildman–Crippen LogP) is 6.23. The summed E-state index contributed by atoms with van der Waals surface area (Å²) < 4.78 is 5.34. The molecule has 170 valence electrons. The Morgan fingerprint density at radius 3 is 2.00 bits per heavy atom. The van der Waals surface area contributed by atoms with Crippen LogP contribution in [-0.4, -0.2) is 18.9 Å². The lowest BCUT2D eigenvalue weighted by atomic mass is 9.87. The van der Waals surface area contributed by atoms with Crippen LogP contribution in [0.25, 0.3) is 0 Å². The fraction of sp³-hybridized carbons (Fsp3) is 0.214. The highest BCUT2D eigenvalue weighted by Gasteiger charge is 2.15. The van der Waals surface area contributed by atoms with E-state index < -0.39 is 0 Å². The van der Waals surface area contributed by atoms with Crippen LogP contribution in [0.2, 0.25) is 0 Å². The van der Waals surface area contributed by atoms with Gasteiger partial charge in [-0.15, -0.1) is 6.58 Å². The maximum Gasteiger partial charge on any atom is 0.255 e. The zero-order chi connectivity index (χ0) is 24.0. The average molecular weight is 443 g/mol. The van der Waals surface area contributed by atoms with E-state index in [1.807, 2.05) is 24.3 Å². The summed E-state index contributed by atoms with van der Waals surface area (Å²) in [5, 5.41) is 5.78. The molecule has 0 saturated carbocycles. The first-order chi connectivity index (χ1) is 15.7. The van der Waals surface area contributed by atoms with Crippen LogP contribution in [0.5, 0.6) is 5.75 Å². The fourth-order valence-electron chi connectivity index (χ4n) is 3.44. The van der Waals surface area contributed by atoms with Crippen LogP contribution in [-0.2, 0) is 11.8 Å². The topological polar surface area (TPSA) is 67.4 Å². The van der Waals surface area contributed by atoms with E-state index >= 15 is 0 Å². The number of hydrogen-bond acceptors (Lipinski definition) is 3. The zero-order valence-corrected chi connectivity index (χ0v) is 19.6. The minimum absolute atomic E-state index is 0.0257. The molecule has 3 aromatic rings. The van der Waals surface area contributed by atoms with Crippen LogP contribution in [0.3, 0.4) is 0 Å². The quantitative estimate of drug-likeness (QED) is 0.427. The lowest BCUT2D eigenvalue weighted by molar-refractivity contribution is 0.101. The van der Waals surface area contributed by atoms with Gasteiger partial charge in [0.15, 0.2) is 0 Å². The Hall–Kier alpha value is -3.86. The molecule has 3 aromatic carbocycles. The molecule has 5 heteroatoms. The van der Waals surface area contributed by atoms with Crippen LogP contribution < -0.4 is 15.4 Å². The van der Waals surface area contributed by atoms with Crippen molar-refractivity contribution < 1.29 is 14.3 Å². The largest absolute Gasteiger partial charge is 0.496 e. The van der Waals surface area contributed by atoms with Crippen molar-refractivity contribution in [1.82, 2.24) is 0 Å². The van der Waals surface area contributed by atoms with Crippen molar-refractivity contribution in [3.63, 3.8) is 0 Å². The summed E-state index contributed by atoms with van der Waals surface area (Å²) in [5.74, 6) is 0.263. The molecule has 0 heterocycles. The number of amides is 2. The highest BCUT2D eigenvalue weighted by molar-refractivity contribution is 6.06. The van der Waals surface area contributed by atoms with Crippen molar-refractivity contribution in [3.05, 3.63) is 102 Å². The zero-order valence-electron chi connectivity index (χ0n) is 19.6. The van der Waals surface area contributed by atoms with Gasteiger partial charge in [-0.1, -0.05) is 45.0 Å². The molecule has 0 aliphatic rings. The maximum absolute atomic E-state index is 12.8. The summed E-state index contributed by atoms with van der Waals surface area (Å²) in [5.41, 5.74) is 4.35. The molecule has 0 saturated heterocycles. The third-order valence-corrected chi connectivity index (χ3v) is 5.30. The van der Waals surface area contributed by atoms with E-state index in [4.69, 9.17) is 4.74 Å². The van der Waals surface area contributed by atoms with Gasteiger partial charge in [0.25, 0.3) is 11.8 Å². The smallest absolute Gasteiger partial charge is 0.255 e. The van der Waals surface area contributed by atoms with E-state index in [-0.39, 0.29) is 17.2 Å². The first-order valence-corrected chi connectivity index (χ1v) is 10.8. The highest BCUT2D eigenvalue weighted by atomic mass is 16.5. The van der Waals surface area contributed by atoms with Gasteiger partial charge in [-0.2, -0.15) is 0 Å². The molecule has 0 radical (unpaired) electrons. The maximum atomic E-state index is 12.8. The Morgan fingerprint density at radius 2 is 1.45 bits per heavy atom. The second-order valence-corrected chi connectivity index (χ2v) is 8.84. The summed E-state index contributed by atoms with van der Waals surface area (Å²) in [4.78, 5) is 25.4. The summed E-state index contributed by atoms with van der Waals surface area (Å²) in [6.07, 6.45) is 2.37. The lowest BCUT2D eigenvalue weighted by Gasteiger charge is -2.19. The van der Waals surface area contributed by atoms with E-state index in [2.05, 4.69) is 38.0 Å². The number of methoxy groups -OCH3 is 1. The molecule has 0 fully saturated rings. The summed E-state index contributed by atoms with van der Waals surface area (Å²) in [6, 6.07) is 20.0. The lowest BCUT2D eigenvalue weighted by Crippen LogP contribution is -2.15. The van der Waals surface area contributed by atoms with Crippen molar-refractivity contribution >= 4 is 23.2 Å². The SMILES string of the molecule is C=CCc1cc(C(=O)Nc2cccc(NC(=O)c3ccc(C(C)(C)C)cc3)c2)ccc1OC. The van der Waals surface area contributed by atoms with E-state index in [1.54, 1.807) is 55.7 Å². The van der Waals surface area contributed by atoms with E-state index in [1.165, 1.54) is 5.56 Å². The number of rotatable bonds is 7. The Morgan fingerprint density at radius 1 is 0.879 bits per heavy atom. The molecule has 0 unspecified atom stereocenters. The number of allylic oxidation sites excluding steroid dienone is 1. The van der Waals surface area contributed by atoms with Gasteiger partial charge in [-0.05, 0) is 71.5 Å². The predicted molar refractivity (Wildman–Crippen MR) is 134 cm³/mol. The van der Waals surface area contributed by atoms with Crippen molar-refractivity contribution in [2.75, 3.05) is 17.7 Å². The Bertz CT molecular complexity index is 1160. The van der Waals surface area contributed by atoms with Crippen LogP contribution in [0, 0.1) is 0 Å². The van der Waals surface area contributed by atoms with Gasteiger partial charge in [-0.25, -0.2) is 0 Å². The number of ether oxygens (including phenoxy) is 1. The minimum Gasteiger partial charge on any atom is -0.496 e. The molecule has 0 aliphatic carbocycles. The van der Waals surface area contributed by atoms with Gasteiger partial charge in [-0.3, -0.25) is 9.59 Å². The molecule has 2 amide bonds. The average Bonchev–Trinajstić information content (AvgIpc) is 2.79. The number of benzene rings is 3. The van der Waals surface area contributed by atoms with Gasteiger partial charge in [0.1, 0.15) is 5.75 Å². The molecular formula is C28H30N2O3. The monoisotopic (exact) mass is 442 g/mol. The molecule has 0 aliphatic heterocycles. The van der Waals surface area contributed by atoms with Crippen LogP contribution in [0.1, 0.15) is 52.6 Å². The first kappa shape index (κ1) is 23.8. The van der Waals surface area contributed by atoms with E-state index in [0.29, 0.717) is 34.7 Å². The molecule has 0 spiro atoms. The second kappa shape index (κ2) is 10.2. The Kier molecular flexibility index (Phi) is 7.34. The molecule has 0 bridgehead atoms. The van der Waals surface area contributed by atoms with Gasteiger partial charge in [0.05, 0.1) is 7.11 Å². The molecule has 0 aromatic heterocycles. The van der Waals surface area contributed by atoms with Crippen molar-refractivity contribution in [2.45, 2.75) is 32.6 Å².